The van der Waals surface area contributed by atoms with Gasteiger partial charge < -0.3 is 5.32 Å². The lowest BCUT2D eigenvalue weighted by Crippen LogP contribution is -2.33. The molecule has 3 aromatic carbocycles. The second-order valence-corrected chi connectivity index (χ2v) is 10.4. The first-order valence-electron chi connectivity index (χ1n) is 11.5. The molecule has 0 radical (unpaired) electrons. The average Bonchev–Trinajstić information content (AvgIpc) is 3.34. The zero-order chi connectivity index (χ0) is 22.4. The van der Waals surface area contributed by atoms with Crippen LogP contribution in [0.25, 0.3) is 0 Å². The molecule has 1 fully saturated rings. The van der Waals surface area contributed by atoms with Gasteiger partial charge in [-0.1, -0.05) is 78.4 Å². The third-order valence-corrected chi connectivity index (χ3v) is 7.85. The summed E-state index contributed by atoms with van der Waals surface area (Å²) in [5, 5.41) is 3.58. The molecule has 4 nitrogen and oxygen atoms in total. The number of aryl methyl sites for hydroxylation is 1. The van der Waals surface area contributed by atoms with Crippen molar-refractivity contribution in [3.63, 3.8) is 0 Å². The molecular weight excluding hydrogens is 416 g/mol. The van der Waals surface area contributed by atoms with Crippen molar-refractivity contribution in [1.82, 2.24) is 10.0 Å². The number of sulfonamides is 1. The fraction of sp³-hybridized carbons (Fsp3) is 0.333. The van der Waals surface area contributed by atoms with Gasteiger partial charge in [0.05, 0.1) is 10.9 Å². The van der Waals surface area contributed by atoms with E-state index in [1.54, 1.807) is 12.1 Å². The molecule has 3 aromatic rings. The number of benzene rings is 3. The van der Waals surface area contributed by atoms with Gasteiger partial charge in [-0.2, -0.15) is 0 Å². The van der Waals surface area contributed by atoms with Gasteiger partial charge in [0.1, 0.15) is 0 Å². The third-order valence-electron chi connectivity index (χ3n) is 6.39. The highest BCUT2D eigenvalue weighted by Gasteiger charge is 2.30. The lowest BCUT2D eigenvalue weighted by molar-refractivity contribution is 0.427. The predicted octanol–water partition coefficient (Wildman–Crippen LogP) is 5.33. The summed E-state index contributed by atoms with van der Waals surface area (Å²) >= 11 is 0. The Balaban J connectivity index is 1.69. The van der Waals surface area contributed by atoms with Gasteiger partial charge in [-0.05, 0) is 62.4 Å². The Morgan fingerprint density at radius 3 is 2.12 bits per heavy atom. The molecule has 0 aromatic heterocycles. The van der Waals surface area contributed by atoms with Crippen LogP contribution in [-0.4, -0.2) is 21.0 Å². The van der Waals surface area contributed by atoms with Crippen LogP contribution < -0.4 is 10.0 Å². The SMILES string of the molecule is Cc1ccc(S(=O)(=O)N[C@H](c2ccccc2)[C@H](CC[C@@H]2CCCN2)c2ccccc2)cc1. The number of rotatable bonds is 9. The number of nitrogens with one attached hydrogen (secondary N) is 2. The molecular formula is C27H32N2O2S. The molecule has 0 aliphatic carbocycles. The van der Waals surface area contributed by atoms with Gasteiger partial charge >= 0.3 is 0 Å². The average molecular weight is 449 g/mol. The van der Waals surface area contributed by atoms with E-state index in [0.29, 0.717) is 10.9 Å². The Kier molecular flexibility index (Phi) is 7.40. The van der Waals surface area contributed by atoms with Crippen LogP contribution in [0.4, 0.5) is 0 Å². The first kappa shape index (κ1) is 22.7. The highest BCUT2D eigenvalue weighted by molar-refractivity contribution is 7.89. The van der Waals surface area contributed by atoms with Crippen molar-refractivity contribution in [3.05, 3.63) is 102 Å². The van der Waals surface area contributed by atoms with Crippen LogP contribution in [0.15, 0.2) is 89.8 Å². The zero-order valence-corrected chi connectivity index (χ0v) is 19.4. The molecule has 0 saturated carbocycles. The Morgan fingerprint density at radius 2 is 1.53 bits per heavy atom. The van der Waals surface area contributed by atoms with Crippen molar-refractivity contribution >= 4 is 10.0 Å². The molecule has 1 heterocycles. The molecule has 2 N–H and O–H groups in total. The van der Waals surface area contributed by atoms with E-state index in [0.717, 1.165) is 36.1 Å². The molecule has 1 aliphatic heterocycles. The van der Waals surface area contributed by atoms with E-state index in [4.69, 9.17) is 0 Å². The molecule has 1 aliphatic rings. The van der Waals surface area contributed by atoms with Crippen LogP contribution in [0, 0.1) is 6.92 Å². The van der Waals surface area contributed by atoms with Gasteiger partial charge in [0.15, 0.2) is 0 Å². The van der Waals surface area contributed by atoms with Crippen LogP contribution in [0.5, 0.6) is 0 Å². The lowest BCUT2D eigenvalue weighted by Gasteiger charge is -2.30. The summed E-state index contributed by atoms with van der Waals surface area (Å²) in [7, 11) is -3.68. The molecule has 168 valence electrons. The molecule has 5 heteroatoms. The quantitative estimate of drug-likeness (QED) is 0.465. The van der Waals surface area contributed by atoms with Crippen molar-refractivity contribution in [2.75, 3.05) is 6.54 Å². The summed E-state index contributed by atoms with van der Waals surface area (Å²) in [6.45, 7) is 3.03. The molecule has 3 atom stereocenters. The van der Waals surface area contributed by atoms with Crippen molar-refractivity contribution in [2.24, 2.45) is 0 Å². The van der Waals surface area contributed by atoms with E-state index in [2.05, 4.69) is 22.2 Å². The maximum Gasteiger partial charge on any atom is 0.241 e. The fourth-order valence-electron chi connectivity index (χ4n) is 4.61. The predicted molar refractivity (Wildman–Crippen MR) is 130 cm³/mol. The summed E-state index contributed by atoms with van der Waals surface area (Å²) in [5.74, 6) is 0.0289. The van der Waals surface area contributed by atoms with E-state index in [9.17, 15) is 8.42 Å². The molecule has 1 saturated heterocycles. The van der Waals surface area contributed by atoms with E-state index in [-0.39, 0.29) is 12.0 Å². The van der Waals surface area contributed by atoms with E-state index in [1.165, 1.54) is 12.8 Å². The summed E-state index contributed by atoms with van der Waals surface area (Å²) in [4.78, 5) is 0.299. The van der Waals surface area contributed by atoms with Gasteiger partial charge in [0.25, 0.3) is 0 Å². The van der Waals surface area contributed by atoms with Crippen molar-refractivity contribution < 1.29 is 8.42 Å². The first-order chi connectivity index (χ1) is 15.5. The Bertz CT molecular complexity index is 1080. The van der Waals surface area contributed by atoms with Crippen molar-refractivity contribution in [2.45, 2.75) is 55.5 Å². The van der Waals surface area contributed by atoms with Gasteiger partial charge in [-0.25, -0.2) is 13.1 Å². The van der Waals surface area contributed by atoms with E-state index < -0.39 is 10.0 Å². The normalized spacial score (nSPS) is 18.3. The Hall–Kier alpha value is -2.47. The fourth-order valence-corrected chi connectivity index (χ4v) is 5.87. The van der Waals surface area contributed by atoms with Gasteiger partial charge in [-0.3, -0.25) is 0 Å². The Morgan fingerprint density at radius 1 is 0.906 bits per heavy atom. The number of hydrogen-bond acceptors (Lipinski definition) is 3. The minimum Gasteiger partial charge on any atom is -0.314 e. The van der Waals surface area contributed by atoms with Crippen molar-refractivity contribution in [3.8, 4) is 0 Å². The molecule has 0 amide bonds. The van der Waals surface area contributed by atoms with Gasteiger partial charge in [-0.15, -0.1) is 0 Å². The van der Waals surface area contributed by atoms with Crippen LogP contribution >= 0.6 is 0 Å². The van der Waals surface area contributed by atoms with E-state index in [1.807, 2.05) is 67.6 Å². The highest BCUT2D eigenvalue weighted by Crippen LogP contribution is 2.37. The maximum atomic E-state index is 13.4. The summed E-state index contributed by atoms with van der Waals surface area (Å²) in [6.07, 6.45) is 4.32. The van der Waals surface area contributed by atoms with Crippen LogP contribution in [0.2, 0.25) is 0 Å². The van der Waals surface area contributed by atoms with Crippen LogP contribution in [0.3, 0.4) is 0 Å². The van der Waals surface area contributed by atoms with E-state index >= 15 is 0 Å². The standard InChI is InChI=1S/C27H32N2O2S/c1-21-14-17-25(18-15-21)32(30,31)29-27(23-11-6-3-7-12-23)26(22-9-4-2-5-10-22)19-16-24-13-8-20-28-24/h2-7,9-12,14-15,17-18,24,26-29H,8,13,16,19-20H2,1H3/t24-,26+,27+/m0/s1. The second-order valence-electron chi connectivity index (χ2n) is 8.71. The first-order valence-corrected chi connectivity index (χ1v) is 12.9. The zero-order valence-electron chi connectivity index (χ0n) is 18.6. The molecule has 0 spiro atoms. The van der Waals surface area contributed by atoms with Gasteiger partial charge in [0.2, 0.25) is 10.0 Å². The third kappa shape index (κ3) is 5.66. The highest BCUT2D eigenvalue weighted by atomic mass is 32.2. The largest absolute Gasteiger partial charge is 0.314 e. The van der Waals surface area contributed by atoms with Crippen LogP contribution in [-0.2, 0) is 10.0 Å². The second kappa shape index (κ2) is 10.4. The lowest BCUT2D eigenvalue weighted by atomic mass is 9.83. The minimum absolute atomic E-state index is 0.0289. The smallest absolute Gasteiger partial charge is 0.241 e. The van der Waals surface area contributed by atoms with Crippen LogP contribution in [0.1, 0.15) is 54.3 Å². The topological polar surface area (TPSA) is 58.2 Å². The van der Waals surface area contributed by atoms with Gasteiger partial charge in [0, 0.05) is 12.0 Å². The number of hydrogen-bond donors (Lipinski definition) is 2. The maximum absolute atomic E-state index is 13.4. The molecule has 4 rings (SSSR count). The molecule has 32 heavy (non-hydrogen) atoms. The minimum atomic E-state index is -3.68. The summed E-state index contributed by atoms with van der Waals surface area (Å²) in [6, 6.07) is 27.5. The Labute approximate surface area is 192 Å². The summed E-state index contributed by atoms with van der Waals surface area (Å²) < 4.78 is 29.9. The molecule has 0 unspecified atom stereocenters. The monoisotopic (exact) mass is 448 g/mol. The van der Waals surface area contributed by atoms with Crippen molar-refractivity contribution in [1.29, 1.82) is 0 Å². The summed E-state index contributed by atoms with van der Waals surface area (Å²) in [5.41, 5.74) is 3.18. The molecule has 0 bridgehead atoms.